The van der Waals surface area contributed by atoms with Gasteiger partial charge in [-0.05, 0) is 66.0 Å². The second-order valence-electron chi connectivity index (χ2n) is 18.0. The molecule has 1 aliphatic heterocycles. The maximum absolute atomic E-state index is 13.9. The molecule has 2 aromatic carbocycles. The normalized spacial score (nSPS) is 15.6. The van der Waals surface area contributed by atoms with E-state index in [4.69, 9.17) is 15.2 Å². The summed E-state index contributed by atoms with van der Waals surface area (Å²) in [6, 6.07) is 11.1. The molecule has 0 aliphatic carbocycles. The van der Waals surface area contributed by atoms with Crippen molar-refractivity contribution in [2.75, 3.05) is 45.3 Å². The van der Waals surface area contributed by atoms with Crippen molar-refractivity contribution in [2.45, 2.75) is 90.6 Å². The van der Waals surface area contributed by atoms with E-state index in [1.807, 2.05) is 31.2 Å². The fourth-order valence-corrected chi connectivity index (χ4v) is 8.72. The molecule has 4 heterocycles. The number of hydrogen-bond acceptors (Lipinski definition) is 14. The van der Waals surface area contributed by atoms with Crippen molar-refractivity contribution in [2.24, 2.45) is 5.41 Å². The van der Waals surface area contributed by atoms with Gasteiger partial charge in [0.15, 0.2) is 0 Å². The van der Waals surface area contributed by atoms with Crippen molar-refractivity contribution in [3.05, 3.63) is 98.5 Å². The van der Waals surface area contributed by atoms with Gasteiger partial charge in [-0.1, -0.05) is 57.2 Å². The minimum atomic E-state index is -1.32. The highest BCUT2D eigenvalue weighted by Gasteiger charge is 2.44. The zero-order chi connectivity index (χ0) is 50.5. The molecule has 5 amide bonds. The van der Waals surface area contributed by atoms with Gasteiger partial charge >= 0.3 is 5.97 Å². The number of likely N-dealkylation sites (tertiary alicyclic amines) is 1. The number of amides is 5. The van der Waals surface area contributed by atoms with Crippen LogP contribution in [0, 0.1) is 12.3 Å². The quantitative estimate of drug-likeness (QED) is 0.0423. The van der Waals surface area contributed by atoms with Crippen LogP contribution in [-0.4, -0.2) is 134 Å². The number of carbonyl (C=O) groups excluding carboxylic acids is 5. The van der Waals surface area contributed by atoms with E-state index in [9.17, 15) is 43.8 Å². The molecule has 21 nitrogen and oxygen atoms in total. The number of fused-ring (bicyclic) bond motifs is 1. The Hall–Kier alpha value is -7.01. The smallest absolute Gasteiger partial charge is 0.326 e. The summed E-state index contributed by atoms with van der Waals surface area (Å²) in [5, 5.41) is 31.4. The number of hydrogen-bond donors (Lipinski definition) is 9. The third-order valence-electron chi connectivity index (χ3n) is 11.7. The van der Waals surface area contributed by atoms with Gasteiger partial charge in [-0.15, -0.1) is 11.3 Å². The van der Waals surface area contributed by atoms with Crippen LogP contribution in [0.1, 0.15) is 72.8 Å². The first-order valence-corrected chi connectivity index (χ1v) is 23.7. The molecule has 1 saturated heterocycles. The third kappa shape index (κ3) is 14.3. The lowest BCUT2D eigenvalue weighted by molar-refractivity contribution is -0.144. The predicted molar refractivity (Wildman–Crippen MR) is 259 cm³/mol. The van der Waals surface area contributed by atoms with Gasteiger partial charge in [0, 0.05) is 44.2 Å². The molecule has 22 heteroatoms. The van der Waals surface area contributed by atoms with Crippen molar-refractivity contribution in [1.29, 1.82) is 0 Å². The molecule has 70 heavy (non-hydrogen) atoms. The van der Waals surface area contributed by atoms with Crippen LogP contribution in [0.25, 0.3) is 21.5 Å². The number of aliphatic hydroxyl groups excluding tert-OH is 1. The number of rotatable bonds is 23. The Labute approximate surface area is 407 Å². The number of carboxylic acids is 1. The number of aliphatic carboxylic acids is 1. The number of nitrogens with two attached hydrogens (primary N) is 1. The molecule has 0 bridgehead atoms. The molecule has 0 spiro atoms. The van der Waals surface area contributed by atoms with Crippen LogP contribution in [0.4, 0.5) is 5.95 Å². The van der Waals surface area contributed by atoms with Crippen LogP contribution >= 0.6 is 11.3 Å². The summed E-state index contributed by atoms with van der Waals surface area (Å²) in [5.41, 5.74) is 11.4. The number of nitrogens with one attached hydrogen (secondary N) is 6. The second kappa shape index (κ2) is 24.0. The van der Waals surface area contributed by atoms with Crippen LogP contribution in [0.2, 0.25) is 0 Å². The average Bonchev–Trinajstić information content (AvgIpc) is 4.06. The van der Waals surface area contributed by atoms with Crippen molar-refractivity contribution < 1.29 is 48.5 Å². The SMILES string of the molecule is Cc1ncsc1-c1ccc(CNC(=O)C2C[C@@H](O)CN2C(=O)C(NC(=O)COCCOCCNC(=O)CCC(NC(=O)c2ccc(CCc3c[nH]c4nc(N)[nH]c(=O)c34)cc2)C(=O)O)C(C)(C)C)cc1. The lowest BCUT2D eigenvalue weighted by atomic mass is 9.85. The number of aromatic amines is 2. The van der Waals surface area contributed by atoms with Crippen LogP contribution < -0.4 is 32.6 Å². The van der Waals surface area contributed by atoms with E-state index in [2.05, 4.69) is 41.2 Å². The molecular weight excluding hydrogens is 925 g/mol. The van der Waals surface area contributed by atoms with E-state index >= 15 is 0 Å². The predicted octanol–water partition coefficient (Wildman–Crippen LogP) is 1.97. The largest absolute Gasteiger partial charge is 0.480 e. The topological polar surface area (TPSA) is 313 Å². The minimum Gasteiger partial charge on any atom is -0.480 e. The Morgan fingerprint density at radius 2 is 1.66 bits per heavy atom. The van der Waals surface area contributed by atoms with Crippen LogP contribution in [0.5, 0.6) is 0 Å². The summed E-state index contributed by atoms with van der Waals surface area (Å²) in [6.45, 7) is 7.38. The fourth-order valence-electron chi connectivity index (χ4n) is 7.91. The zero-order valence-corrected chi connectivity index (χ0v) is 40.3. The Morgan fingerprint density at radius 3 is 2.34 bits per heavy atom. The van der Waals surface area contributed by atoms with E-state index in [1.165, 1.54) is 4.90 Å². The van der Waals surface area contributed by atoms with Crippen molar-refractivity contribution in [3.8, 4) is 10.4 Å². The molecule has 4 atom stereocenters. The summed E-state index contributed by atoms with van der Waals surface area (Å²) in [5.74, 6) is -3.82. The van der Waals surface area contributed by atoms with Gasteiger partial charge in [0.1, 0.15) is 30.4 Å². The molecule has 10 N–H and O–H groups in total. The molecule has 3 aromatic heterocycles. The number of nitrogen functional groups attached to an aromatic ring is 1. The average molecular weight is 985 g/mol. The number of benzene rings is 2. The first-order valence-electron chi connectivity index (χ1n) is 22.8. The van der Waals surface area contributed by atoms with Gasteiger partial charge in [-0.25, -0.2) is 9.78 Å². The zero-order valence-electron chi connectivity index (χ0n) is 39.5. The lowest BCUT2D eigenvalue weighted by Crippen LogP contribution is -2.58. The van der Waals surface area contributed by atoms with E-state index in [-0.39, 0.29) is 82.4 Å². The lowest BCUT2D eigenvalue weighted by Gasteiger charge is -2.35. The monoisotopic (exact) mass is 984 g/mol. The second-order valence-corrected chi connectivity index (χ2v) is 18.9. The Bertz CT molecular complexity index is 2700. The number of carbonyl (C=O) groups is 6. The van der Waals surface area contributed by atoms with E-state index in [1.54, 1.807) is 68.1 Å². The number of aromatic nitrogens is 4. The Kier molecular flexibility index (Phi) is 18.0. The summed E-state index contributed by atoms with van der Waals surface area (Å²) in [4.78, 5) is 106. The molecule has 5 aromatic rings. The Balaban J connectivity index is 0.847. The highest BCUT2D eigenvalue weighted by Crippen LogP contribution is 2.28. The fraction of sp³-hybridized carbons (Fsp3) is 0.438. The number of aliphatic hydroxyl groups is 1. The highest BCUT2D eigenvalue weighted by molar-refractivity contribution is 7.13. The first kappa shape index (κ1) is 52.4. The maximum atomic E-state index is 13.9. The van der Waals surface area contributed by atoms with Gasteiger partial charge in [0.05, 0.1) is 47.4 Å². The van der Waals surface area contributed by atoms with Crippen molar-refractivity contribution in [3.63, 3.8) is 0 Å². The molecule has 1 aliphatic rings. The van der Waals surface area contributed by atoms with Gasteiger partial charge in [-0.2, -0.15) is 4.98 Å². The van der Waals surface area contributed by atoms with Crippen LogP contribution in [-0.2, 0) is 52.8 Å². The number of H-pyrrole nitrogens is 2. The Morgan fingerprint density at radius 1 is 0.943 bits per heavy atom. The number of ether oxygens (including phenoxy) is 2. The van der Waals surface area contributed by atoms with E-state index in [0.29, 0.717) is 23.9 Å². The molecule has 1 fully saturated rings. The minimum absolute atomic E-state index is 0.0146. The van der Waals surface area contributed by atoms with Crippen molar-refractivity contribution >= 4 is 63.8 Å². The maximum Gasteiger partial charge on any atom is 0.326 e. The molecule has 0 saturated carbocycles. The number of carboxylic acid groups (broad SMARTS) is 1. The highest BCUT2D eigenvalue weighted by atomic mass is 32.1. The molecule has 3 unspecified atom stereocenters. The number of nitrogens with zero attached hydrogens (tertiary/aromatic N) is 3. The van der Waals surface area contributed by atoms with E-state index < -0.39 is 65.1 Å². The molecule has 6 rings (SSSR count). The summed E-state index contributed by atoms with van der Waals surface area (Å²) >= 11 is 1.55. The van der Waals surface area contributed by atoms with Crippen LogP contribution in [0.15, 0.2) is 65.0 Å². The standard InChI is InChI=1S/C48H60N10O11S/c1-27-39(70-26-53-27)30-10-8-29(9-11-30)22-52-43(63)35-21-33(59)24-58(35)45(65)40(48(2,3)4)55-37(61)25-69-20-19-68-18-17-50-36(60)16-15-34(46(66)67)54-42(62)31-12-5-28(6-13-31)7-14-32-23-51-41-38(32)44(64)57-47(49)56-41/h5-6,8-13,23,26,33-35,40,59H,7,14-22,24-25H2,1-4H3,(H,50,60)(H,52,63)(H,54,62)(H,55,61)(H,66,67)(H4,49,51,56,57,64)/t33-,34?,35?,40?/m1/s1. The van der Waals surface area contributed by atoms with E-state index in [0.717, 1.165) is 32.8 Å². The van der Waals surface area contributed by atoms with Gasteiger partial charge in [0.2, 0.25) is 29.6 Å². The summed E-state index contributed by atoms with van der Waals surface area (Å²) in [6.07, 6.45) is 1.57. The summed E-state index contributed by atoms with van der Waals surface area (Å²) in [7, 11) is 0. The molecule has 0 radical (unpaired) electrons. The van der Waals surface area contributed by atoms with Gasteiger partial charge in [-0.3, -0.25) is 33.8 Å². The number of thiazole rings is 1. The molecular formula is C48H60N10O11S. The number of aryl methyl sites for hydroxylation is 3. The van der Waals surface area contributed by atoms with Gasteiger partial charge in [0.25, 0.3) is 11.5 Å². The molecule has 374 valence electrons. The summed E-state index contributed by atoms with van der Waals surface area (Å²) < 4.78 is 11.0. The van der Waals surface area contributed by atoms with Crippen LogP contribution in [0.3, 0.4) is 0 Å². The van der Waals surface area contributed by atoms with Crippen molar-refractivity contribution in [1.82, 2.24) is 46.1 Å². The van der Waals surface area contributed by atoms with Gasteiger partial charge < -0.3 is 56.6 Å². The first-order chi connectivity index (χ1) is 33.4. The number of β-amino-alcohol motifs (C(OH)–C–C–N with tert-alkyl or cyclic N) is 1. The number of anilines is 1. The third-order valence-corrected chi connectivity index (χ3v) is 12.7.